The number of likely N-dealkylation sites (N-methyl/N-ethyl adjacent to an activating group) is 1. The third-order valence-corrected chi connectivity index (χ3v) is 3.83. The molecule has 6 heteroatoms. The Morgan fingerprint density at radius 1 is 1.00 bits per heavy atom. The maximum Gasteiger partial charge on any atom is 0.255 e. The highest BCUT2D eigenvalue weighted by Gasteiger charge is 2.12. The van der Waals surface area contributed by atoms with Gasteiger partial charge in [-0.2, -0.15) is 0 Å². The number of hydrogen-bond acceptors (Lipinski definition) is 5. The van der Waals surface area contributed by atoms with E-state index in [-0.39, 0.29) is 5.91 Å². The van der Waals surface area contributed by atoms with Gasteiger partial charge in [0.05, 0.1) is 19.8 Å². The summed E-state index contributed by atoms with van der Waals surface area (Å²) in [4.78, 5) is 14.6. The van der Waals surface area contributed by atoms with Gasteiger partial charge in [-0.25, -0.2) is 0 Å². The van der Waals surface area contributed by atoms with Crippen LogP contribution in [0.5, 0.6) is 17.2 Å². The minimum Gasteiger partial charge on any atom is -0.493 e. The quantitative estimate of drug-likeness (QED) is 0.747. The molecule has 0 saturated carbocycles. The van der Waals surface area contributed by atoms with Crippen LogP contribution in [0.2, 0.25) is 0 Å². The number of rotatable bonds is 9. The van der Waals surface area contributed by atoms with Gasteiger partial charge < -0.3 is 24.4 Å². The van der Waals surface area contributed by atoms with Crippen molar-refractivity contribution in [3.63, 3.8) is 0 Å². The average Bonchev–Trinajstić information content (AvgIpc) is 2.65. The number of methoxy groups -OCH3 is 2. The average molecular weight is 358 g/mol. The number of nitrogens with zero attached hydrogens (tertiary/aromatic N) is 1. The molecular formula is C20H26N2O4. The topological polar surface area (TPSA) is 60.0 Å². The zero-order valence-electron chi connectivity index (χ0n) is 15.7. The molecule has 0 heterocycles. The van der Waals surface area contributed by atoms with E-state index in [1.165, 1.54) is 0 Å². The van der Waals surface area contributed by atoms with Crippen molar-refractivity contribution >= 4 is 5.91 Å². The summed E-state index contributed by atoms with van der Waals surface area (Å²) in [6, 6.07) is 12.8. The monoisotopic (exact) mass is 358 g/mol. The van der Waals surface area contributed by atoms with Gasteiger partial charge in [-0.1, -0.05) is 18.2 Å². The molecule has 0 saturated heterocycles. The number of ether oxygens (including phenoxy) is 3. The van der Waals surface area contributed by atoms with E-state index in [4.69, 9.17) is 14.2 Å². The molecule has 0 aliphatic carbocycles. The number of para-hydroxylation sites is 1. The van der Waals surface area contributed by atoms with Crippen molar-refractivity contribution in [2.45, 2.75) is 6.54 Å². The van der Waals surface area contributed by atoms with Crippen LogP contribution in [-0.2, 0) is 6.54 Å². The van der Waals surface area contributed by atoms with Crippen LogP contribution in [0.25, 0.3) is 0 Å². The summed E-state index contributed by atoms with van der Waals surface area (Å²) in [5, 5.41) is 2.92. The Kier molecular flexibility index (Phi) is 7.29. The molecule has 0 aromatic heterocycles. The molecule has 2 aromatic carbocycles. The molecule has 26 heavy (non-hydrogen) atoms. The highest BCUT2D eigenvalue weighted by atomic mass is 16.5. The first-order chi connectivity index (χ1) is 12.5. The van der Waals surface area contributed by atoms with Crippen molar-refractivity contribution in [1.82, 2.24) is 10.2 Å². The number of amides is 1. The highest BCUT2D eigenvalue weighted by Crippen LogP contribution is 2.27. The lowest BCUT2D eigenvalue weighted by Crippen LogP contribution is -2.24. The molecule has 0 bridgehead atoms. The van der Waals surface area contributed by atoms with Crippen molar-refractivity contribution in [1.29, 1.82) is 0 Å². The van der Waals surface area contributed by atoms with Crippen LogP contribution in [0.1, 0.15) is 15.9 Å². The number of nitrogens with one attached hydrogen (secondary N) is 1. The van der Waals surface area contributed by atoms with Crippen molar-refractivity contribution in [2.24, 2.45) is 0 Å². The minimum atomic E-state index is -0.180. The van der Waals surface area contributed by atoms with E-state index in [0.717, 1.165) is 12.1 Å². The van der Waals surface area contributed by atoms with E-state index in [1.54, 1.807) is 26.4 Å². The van der Waals surface area contributed by atoms with Gasteiger partial charge in [-0.15, -0.1) is 0 Å². The molecule has 0 unspecified atom stereocenters. The Morgan fingerprint density at radius 2 is 1.73 bits per heavy atom. The molecule has 0 aliphatic rings. The fraction of sp³-hybridized carbons (Fsp3) is 0.350. The minimum absolute atomic E-state index is 0.180. The molecule has 0 aliphatic heterocycles. The van der Waals surface area contributed by atoms with E-state index in [0.29, 0.717) is 36.0 Å². The zero-order valence-corrected chi connectivity index (χ0v) is 15.7. The summed E-state index contributed by atoms with van der Waals surface area (Å²) in [7, 11) is 7.13. The SMILES string of the molecule is COc1ccc(CNC(=O)c2ccccc2OCCN(C)C)cc1OC. The van der Waals surface area contributed by atoms with Crippen LogP contribution < -0.4 is 19.5 Å². The summed E-state index contributed by atoms with van der Waals surface area (Å²) in [6.07, 6.45) is 0. The summed E-state index contributed by atoms with van der Waals surface area (Å²) in [6.45, 7) is 1.68. The smallest absolute Gasteiger partial charge is 0.255 e. The van der Waals surface area contributed by atoms with E-state index >= 15 is 0 Å². The molecule has 2 aromatic rings. The molecule has 1 amide bonds. The first-order valence-electron chi connectivity index (χ1n) is 8.40. The summed E-state index contributed by atoms with van der Waals surface area (Å²) < 4.78 is 16.3. The van der Waals surface area contributed by atoms with E-state index < -0.39 is 0 Å². The number of carbonyl (C=O) groups is 1. The second kappa shape index (κ2) is 9.68. The zero-order chi connectivity index (χ0) is 18.9. The van der Waals surface area contributed by atoms with E-state index in [1.807, 2.05) is 49.3 Å². The van der Waals surface area contributed by atoms with Crippen LogP contribution in [0, 0.1) is 0 Å². The maximum absolute atomic E-state index is 12.6. The van der Waals surface area contributed by atoms with Gasteiger partial charge in [-0.05, 0) is 43.9 Å². The van der Waals surface area contributed by atoms with Gasteiger partial charge in [-0.3, -0.25) is 4.79 Å². The van der Waals surface area contributed by atoms with Gasteiger partial charge in [0.1, 0.15) is 12.4 Å². The summed E-state index contributed by atoms with van der Waals surface area (Å²) >= 11 is 0. The molecule has 0 radical (unpaired) electrons. The highest BCUT2D eigenvalue weighted by molar-refractivity contribution is 5.96. The van der Waals surface area contributed by atoms with Gasteiger partial charge in [0.25, 0.3) is 5.91 Å². The fourth-order valence-corrected chi connectivity index (χ4v) is 2.39. The maximum atomic E-state index is 12.6. The lowest BCUT2D eigenvalue weighted by Gasteiger charge is -2.14. The second-order valence-corrected chi connectivity index (χ2v) is 6.02. The fourth-order valence-electron chi connectivity index (χ4n) is 2.39. The second-order valence-electron chi connectivity index (χ2n) is 6.02. The summed E-state index contributed by atoms with van der Waals surface area (Å²) in [5.41, 5.74) is 1.44. The molecule has 6 nitrogen and oxygen atoms in total. The predicted molar refractivity (Wildman–Crippen MR) is 101 cm³/mol. The first-order valence-corrected chi connectivity index (χ1v) is 8.40. The predicted octanol–water partition coefficient (Wildman–Crippen LogP) is 2.57. The summed E-state index contributed by atoms with van der Waals surface area (Å²) in [5.74, 6) is 1.69. The Balaban J connectivity index is 2.02. The molecule has 1 N–H and O–H groups in total. The Hall–Kier alpha value is -2.73. The van der Waals surface area contributed by atoms with Crippen LogP contribution in [0.4, 0.5) is 0 Å². The van der Waals surface area contributed by atoms with Crippen molar-refractivity contribution < 1.29 is 19.0 Å². The Bertz CT molecular complexity index is 732. The number of carbonyl (C=O) groups excluding carboxylic acids is 1. The standard InChI is InChI=1S/C20H26N2O4/c1-22(2)11-12-26-17-8-6-5-7-16(17)20(23)21-14-15-9-10-18(24-3)19(13-15)25-4/h5-10,13H,11-12,14H2,1-4H3,(H,21,23). The number of hydrogen-bond donors (Lipinski definition) is 1. The number of benzene rings is 2. The van der Waals surface area contributed by atoms with Gasteiger partial charge in [0, 0.05) is 13.1 Å². The molecule has 2 rings (SSSR count). The van der Waals surface area contributed by atoms with Gasteiger partial charge in [0.15, 0.2) is 11.5 Å². The van der Waals surface area contributed by atoms with Crippen LogP contribution in [0.15, 0.2) is 42.5 Å². The van der Waals surface area contributed by atoms with E-state index in [2.05, 4.69) is 5.32 Å². The van der Waals surface area contributed by atoms with Gasteiger partial charge in [0.2, 0.25) is 0 Å². The third-order valence-electron chi connectivity index (χ3n) is 3.83. The van der Waals surface area contributed by atoms with Crippen LogP contribution >= 0.6 is 0 Å². The van der Waals surface area contributed by atoms with Crippen LogP contribution in [-0.4, -0.2) is 52.3 Å². The molecular weight excluding hydrogens is 332 g/mol. The Labute approximate surface area is 154 Å². The van der Waals surface area contributed by atoms with E-state index in [9.17, 15) is 4.79 Å². The first kappa shape index (κ1) is 19.6. The van der Waals surface area contributed by atoms with Gasteiger partial charge >= 0.3 is 0 Å². The van der Waals surface area contributed by atoms with Crippen molar-refractivity contribution in [3.05, 3.63) is 53.6 Å². The van der Waals surface area contributed by atoms with Crippen LogP contribution in [0.3, 0.4) is 0 Å². The normalized spacial score (nSPS) is 10.5. The molecule has 0 atom stereocenters. The third kappa shape index (κ3) is 5.39. The lowest BCUT2D eigenvalue weighted by molar-refractivity contribution is 0.0946. The lowest BCUT2D eigenvalue weighted by atomic mass is 10.1. The molecule has 140 valence electrons. The van der Waals surface area contributed by atoms with Crippen molar-refractivity contribution in [3.8, 4) is 17.2 Å². The largest absolute Gasteiger partial charge is 0.493 e. The van der Waals surface area contributed by atoms with Crippen molar-refractivity contribution in [2.75, 3.05) is 41.5 Å². The molecule has 0 fully saturated rings. The molecule has 0 spiro atoms. The Morgan fingerprint density at radius 3 is 2.42 bits per heavy atom.